The van der Waals surface area contributed by atoms with Gasteiger partial charge in [0.1, 0.15) is 17.6 Å². The molecule has 1 saturated heterocycles. The van der Waals surface area contributed by atoms with Crippen molar-refractivity contribution in [2.75, 3.05) is 43.9 Å². The minimum absolute atomic E-state index is 0.345. The maximum absolute atomic E-state index is 13.0. The van der Waals surface area contributed by atoms with E-state index >= 15 is 0 Å². The van der Waals surface area contributed by atoms with E-state index in [1.165, 1.54) is 28.6 Å². The Balaban J connectivity index is 1.59. The van der Waals surface area contributed by atoms with Crippen LogP contribution in [0.25, 0.3) is 0 Å². The summed E-state index contributed by atoms with van der Waals surface area (Å²) in [7, 11) is -2.01. The van der Waals surface area contributed by atoms with Crippen LogP contribution in [-0.4, -0.2) is 63.0 Å². The highest BCUT2D eigenvalue weighted by molar-refractivity contribution is 7.89. The molecule has 9 heteroatoms. The molecule has 30 heavy (non-hydrogen) atoms. The molecule has 2 N–H and O–H groups in total. The van der Waals surface area contributed by atoms with Crippen molar-refractivity contribution in [3.63, 3.8) is 0 Å². The standard InChI is InChI=1S/C21H24FN3O4S/c1-29-21-10-8-20(9-11-21)24-12-14-25(15-13-24)30(27,28)16-19(23-26)7-4-17-2-5-18(22)6-3-17/h2-3,5-6,8-11,19,23,26H,12-16H2,1H3. The van der Waals surface area contributed by atoms with Crippen molar-refractivity contribution in [2.24, 2.45) is 0 Å². The molecule has 0 radical (unpaired) electrons. The summed E-state index contributed by atoms with van der Waals surface area (Å²) in [5.41, 5.74) is 3.49. The van der Waals surface area contributed by atoms with E-state index in [1.54, 1.807) is 7.11 Å². The van der Waals surface area contributed by atoms with Crippen LogP contribution in [0.5, 0.6) is 5.75 Å². The van der Waals surface area contributed by atoms with E-state index in [-0.39, 0.29) is 11.6 Å². The van der Waals surface area contributed by atoms with Gasteiger partial charge in [0.05, 0.1) is 12.9 Å². The molecule has 0 spiro atoms. The summed E-state index contributed by atoms with van der Waals surface area (Å²) in [4.78, 5) is 2.11. The van der Waals surface area contributed by atoms with Crippen LogP contribution in [-0.2, 0) is 10.0 Å². The zero-order valence-corrected chi connectivity index (χ0v) is 17.4. The number of nitrogens with zero attached hydrogens (tertiary/aromatic N) is 2. The highest BCUT2D eigenvalue weighted by Gasteiger charge is 2.29. The number of halogens is 1. The van der Waals surface area contributed by atoms with Crippen molar-refractivity contribution >= 4 is 15.7 Å². The van der Waals surface area contributed by atoms with Crippen LogP contribution in [0.4, 0.5) is 10.1 Å². The first kappa shape index (κ1) is 22.1. The van der Waals surface area contributed by atoms with E-state index < -0.39 is 16.1 Å². The number of methoxy groups -OCH3 is 1. The molecule has 1 fully saturated rings. The lowest BCUT2D eigenvalue weighted by molar-refractivity contribution is 0.153. The molecular formula is C21H24FN3O4S. The minimum Gasteiger partial charge on any atom is -0.497 e. The van der Waals surface area contributed by atoms with Gasteiger partial charge in [-0.25, -0.2) is 12.8 Å². The van der Waals surface area contributed by atoms with Gasteiger partial charge < -0.3 is 14.8 Å². The van der Waals surface area contributed by atoms with Crippen LogP contribution in [0.1, 0.15) is 5.56 Å². The second kappa shape index (κ2) is 9.91. The number of nitrogens with one attached hydrogen (secondary N) is 1. The molecule has 7 nitrogen and oxygen atoms in total. The molecule has 0 amide bonds. The number of piperazine rings is 1. The predicted octanol–water partition coefficient (Wildman–Crippen LogP) is 1.69. The molecule has 1 heterocycles. The Bertz CT molecular complexity index is 993. The van der Waals surface area contributed by atoms with Crippen LogP contribution in [0.15, 0.2) is 48.5 Å². The molecule has 160 valence electrons. The molecule has 0 aliphatic carbocycles. The molecule has 2 aromatic carbocycles. The third-order valence-electron chi connectivity index (χ3n) is 4.84. The van der Waals surface area contributed by atoms with Crippen LogP contribution < -0.4 is 15.1 Å². The summed E-state index contributed by atoms with van der Waals surface area (Å²) < 4.78 is 45.0. The Morgan fingerprint density at radius 2 is 1.73 bits per heavy atom. The molecule has 0 aromatic heterocycles. The Morgan fingerprint density at radius 1 is 1.10 bits per heavy atom. The van der Waals surface area contributed by atoms with Crippen LogP contribution in [0.3, 0.4) is 0 Å². The average molecular weight is 434 g/mol. The number of anilines is 1. The van der Waals surface area contributed by atoms with Gasteiger partial charge in [0.2, 0.25) is 10.0 Å². The van der Waals surface area contributed by atoms with Gasteiger partial charge in [-0.05, 0) is 48.5 Å². The van der Waals surface area contributed by atoms with Crippen molar-refractivity contribution in [1.82, 2.24) is 9.79 Å². The summed E-state index contributed by atoms with van der Waals surface area (Å²) >= 11 is 0. The molecule has 1 aliphatic heterocycles. The maximum Gasteiger partial charge on any atom is 0.216 e. The van der Waals surface area contributed by atoms with Crippen LogP contribution in [0.2, 0.25) is 0 Å². The van der Waals surface area contributed by atoms with Gasteiger partial charge >= 0.3 is 0 Å². The zero-order valence-electron chi connectivity index (χ0n) is 16.6. The van der Waals surface area contributed by atoms with E-state index in [9.17, 15) is 18.0 Å². The molecule has 3 rings (SSSR count). The lowest BCUT2D eigenvalue weighted by atomic mass is 10.2. The van der Waals surface area contributed by atoms with Crippen molar-refractivity contribution < 1.29 is 22.8 Å². The fourth-order valence-corrected chi connectivity index (χ4v) is 4.66. The number of sulfonamides is 1. The number of hydrogen-bond donors (Lipinski definition) is 2. The van der Waals surface area contributed by atoms with Gasteiger partial charge in [0, 0.05) is 37.4 Å². The summed E-state index contributed by atoms with van der Waals surface area (Å²) in [6.45, 7) is 1.81. The fourth-order valence-electron chi connectivity index (χ4n) is 3.15. The normalized spacial score (nSPS) is 15.9. The van der Waals surface area contributed by atoms with Crippen molar-refractivity contribution in [1.29, 1.82) is 0 Å². The average Bonchev–Trinajstić information content (AvgIpc) is 2.78. The number of hydrogen-bond acceptors (Lipinski definition) is 6. The smallest absolute Gasteiger partial charge is 0.216 e. The first-order valence-corrected chi connectivity index (χ1v) is 11.1. The van der Waals surface area contributed by atoms with Gasteiger partial charge in [-0.15, -0.1) is 0 Å². The number of benzene rings is 2. The molecule has 1 atom stereocenters. The van der Waals surface area contributed by atoms with Crippen LogP contribution >= 0.6 is 0 Å². The maximum atomic E-state index is 13.0. The van der Waals surface area contributed by atoms with Crippen LogP contribution in [0, 0.1) is 17.7 Å². The molecular weight excluding hydrogens is 409 g/mol. The van der Waals surface area contributed by atoms with Gasteiger partial charge in [0.25, 0.3) is 0 Å². The van der Waals surface area contributed by atoms with E-state index in [1.807, 2.05) is 29.7 Å². The molecule has 0 saturated carbocycles. The fraction of sp³-hybridized carbons (Fsp3) is 0.333. The highest BCUT2D eigenvalue weighted by Crippen LogP contribution is 2.21. The van der Waals surface area contributed by atoms with E-state index in [0.29, 0.717) is 31.7 Å². The number of rotatable bonds is 6. The van der Waals surface area contributed by atoms with Gasteiger partial charge in [-0.1, -0.05) is 11.8 Å². The van der Waals surface area contributed by atoms with Gasteiger partial charge in [-0.2, -0.15) is 9.79 Å². The van der Waals surface area contributed by atoms with E-state index in [2.05, 4.69) is 16.7 Å². The van der Waals surface area contributed by atoms with Gasteiger partial charge in [-0.3, -0.25) is 0 Å². The third-order valence-corrected chi connectivity index (χ3v) is 6.74. The molecule has 1 unspecified atom stereocenters. The van der Waals surface area contributed by atoms with Crippen molar-refractivity contribution in [3.05, 3.63) is 59.9 Å². The number of hydroxylamine groups is 1. The van der Waals surface area contributed by atoms with E-state index in [4.69, 9.17) is 4.74 Å². The largest absolute Gasteiger partial charge is 0.497 e. The quantitative estimate of drug-likeness (QED) is 0.533. The lowest BCUT2D eigenvalue weighted by Gasteiger charge is -2.35. The first-order chi connectivity index (χ1) is 14.4. The lowest BCUT2D eigenvalue weighted by Crippen LogP contribution is -2.51. The molecule has 2 aromatic rings. The summed E-state index contributed by atoms with van der Waals surface area (Å²) in [6, 6.07) is 12.2. The Morgan fingerprint density at radius 3 is 2.30 bits per heavy atom. The summed E-state index contributed by atoms with van der Waals surface area (Å²) in [5.74, 6) is 5.46. The van der Waals surface area contributed by atoms with Crippen molar-refractivity contribution in [3.8, 4) is 17.6 Å². The Kier molecular flexibility index (Phi) is 7.29. The highest BCUT2D eigenvalue weighted by atomic mass is 32.2. The molecule has 1 aliphatic rings. The topological polar surface area (TPSA) is 82.1 Å². The van der Waals surface area contributed by atoms with E-state index in [0.717, 1.165) is 11.4 Å². The summed E-state index contributed by atoms with van der Waals surface area (Å²) in [6.07, 6.45) is 0. The zero-order chi connectivity index (χ0) is 21.6. The first-order valence-electron chi connectivity index (χ1n) is 9.45. The molecule has 0 bridgehead atoms. The van der Waals surface area contributed by atoms with Gasteiger partial charge in [0.15, 0.2) is 0 Å². The predicted molar refractivity (Wildman–Crippen MR) is 113 cm³/mol. The Labute approximate surface area is 176 Å². The second-order valence-electron chi connectivity index (χ2n) is 6.82. The SMILES string of the molecule is COc1ccc(N2CCN(S(=O)(=O)CC(C#Cc3ccc(F)cc3)NO)CC2)cc1. The monoisotopic (exact) mass is 433 g/mol. The number of ether oxygens (including phenoxy) is 1. The Hall–Kier alpha value is -2.64. The summed E-state index contributed by atoms with van der Waals surface area (Å²) in [5, 5.41) is 9.33. The van der Waals surface area contributed by atoms with Crippen molar-refractivity contribution in [2.45, 2.75) is 6.04 Å². The second-order valence-corrected chi connectivity index (χ2v) is 8.83. The minimum atomic E-state index is -3.62. The third kappa shape index (κ3) is 5.70.